The standard InChI is InChI=1S/C12H16FNS/c13-9-4-6-11(7-5-9)15-12-3-1-2-10(14)8-12/h4-7,10,12H,1-3,8,14H2. The van der Waals surface area contributed by atoms with Crippen LogP contribution in [0.3, 0.4) is 0 Å². The summed E-state index contributed by atoms with van der Waals surface area (Å²) in [6.45, 7) is 0. The highest BCUT2D eigenvalue weighted by Gasteiger charge is 2.19. The molecule has 1 aliphatic carbocycles. The Kier molecular flexibility index (Phi) is 3.65. The summed E-state index contributed by atoms with van der Waals surface area (Å²) in [5, 5.41) is 0.610. The second-order valence-electron chi connectivity index (χ2n) is 4.12. The van der Waals surface area contributed by atoms with Gasteiger partial charge in [0.1, 0.15) is 5.82 Å². The molecule has 0 aromatic heterocycles. The van der Waals surface area contributed by atoms with Gasteiger partial charge in [-0.15, -0.1) is 11.8 Å². The molecule has 0 bridgehead atoms. The highest BCUT2D eigenvalue weighted by molar-refractivity contribution is 8.00. The molecule has 2 N–H and O–H groups in total. The maximum atomic E-state index is 12.7. The molecule has 1 aromatic rings. The van der Waals surface area contributed by atoms with Crippen LogP contribution in [0.1, 0.15) is 25.7 Å². The van der Waals surface area contributed by atoms with Crippen LogP contribution in [0, 0.1) is 5.82 Å². The lowest BCUT2D eigenvalue weighted by molar-refractivity contribution is 0.451. The molecular weight excluding hydrogens is 209 g/mol. The number of hydrogen-bond donors (Lipinski definition) is 1. The van der Waals surface area contributed by atoms with Crippen LogP contribution in [0.25, 0.3) is 0 Å². The zero-order valence-electron chi connectivity index (χ0n) is 8.66. The van der Waals surface area contributed by atoms with Crippen LogP contribution in [0.2, 0.25) is 0 Å². The third-order valence-corrected chi connectivity index (χ3v) is 4.09. The monoisotopic (exact) mass is 225 g/mol. The number of nitrogens with two attached hydrogens (primary N) is 1. The average Bonchev–Trinajstić information content (AvgIpc) is 2.22. The topological polar surface area (TPSA) is 26.0 Å². The SMILES string of the molecule is NC1CCCC(Sc2ccc(F)cc2)C1. The molecule has 0 heterocycles. The van der Waals surface area contributed by atoms with Crippen LogP contribution in [0.15, 0.2) is 29.2 Å². The van der Waals surface area contributed by atoms with E-state index in [0.717, 1.165) is 17.7 Å². The van der Waals surface area contributed by atoms with Gasteiger partial charge in [0.25, 0.3) is 0 Å². The molecule has 0 spiro atoms. The third-order valence-electron chi connectivity index (χ3n) is 2.78. The highest BCUT2D eigenvalue weighted by atomic mass is 32.2. The van der Waals surface area contributed by atoms with Gasteiger partial charge in [0.05, 0.1) is 0 Å². The van der Waals surface area contributed by atoms with E-state index in [1.54, 1.807) is 0 Å². The molecule has 1 fully saturated rings. The lowest BCUT2D eigenvalue weighted by Gasteiger charge is -2.25. The van der Waals surface area contributed by atoms with Gasteiger partial charge in [0.15, 0.2) is 0 Å². The van der Waals surface area contributed by atoms with E-state index in [1.807, 2.05) is 23.9 Å². The fourth-order valence-electron chi connectivity index (χ4n) is 1.99. The maximum Gasteiger partial charge on any atom is 0.123 e. The summed E-state index contributed by atoms with van der Waals surface area (Å²) < 4.78 is 12.7. The van der Waals surface area contributed by atoms with Gasteiger partial charge in [-0.2, -0.15) is 0 Å². The van der Waals surface area contributed by atoms with E-state index >= 15 is 0 Å². The van der Waals surface area contributed by atoms with Crippen molar-refractivity contribution >= 4 is 11.8 Å². The molecule has 1 nitrogen and oxygen atoms in total. The summed E-state index contributed by atoms with van der Waals surface area (Å²) in [4.78, 5) is 1.15. The van der Waals surface area contributed by atoms with Gasteiger partial charge in [-0.1, -0.05) is 6.42 Å². The van der Waals surface area contributed by atoms with Gasteiger partial charge in [-0.3, -0.25) is 0 Å². The van der Waals surface area contributed by atoms with E-state index in [4.69, 9.17) is 5.73 Å². The quantitative estimate of drug-likeness (QED) is 0.836. The summed E-state index contributed by atoms with van der Waals surface area (Å²) >= 11 is 1.83. The van der Waals surface area contributed by atoms with E-state index in [-0.39, 0.29) is 5.82 Å². The molecule has 1 saturated carbocycles. The zero-order valence-corrected chi connectivity index (χ0v) is 9.47. The third kappa shape index (κ3) is 3.21. The molecule has 2 atom stereocenters. The van der Waals surface area contributed by atoms with Crippen molar-refractivity contribution in [3.05, 3.63) is 30.1 Å². The molecule has 0 aliphatic heterocycles. The Morgan fingerprint density at radius 2 is 1.93 bits per heavy atom. The fraction of sp³-hybridized carbons (Fsp3) is 0.500. The van der Waals surface area contributed by atoms with Crippen molar-refractivity contribution < 1.29 is 4.39 Å². The fourth-order valence-corrected chi connectivity index (χ4v) is 3.30. The number of thioether (sulfide) groups is 1. The Hall–Kier alpha value is -0.540. The Morgan fingerprint density at radius 1 is 1.20 bits per heavy atom. The molecule has 0 radical (unpaired) electrons. The highest BCUT2D eigenvalue weighted by Crippen LogP contribution is 2.33. The lowest BCUT2D eigenvalue weighted by Crippen LogP contribution is -2.29. The molecule has 0 amide bonds. The number of benzene rings is 1. The van der Waals surface area contributed by atoms with Gasteiger partial charge >= 0.3 is 0 Å². The minimum atomic E-state index is -0.167. The molecule has 15 heavy (non-hydrogen) atoms. The van der Waals surface area contributed by atoms with Crippen LogP contribution < -0.4 is 5.73 Å². The predicted octanol–water partition coefficient (Wildman–Crippen LogP) is 3.19. The van der Waals surface area contributed by atoms with Crippen LogP contribution in [0.5, 0.6) is 0 Å². The Labute approximate surface area is 94.2 Å². The predicted molar refractivity (Wildman–Crippen MR) is 62.5 cm³/mol. The number of hydrogen-bond acceptors (Lipinski definition) is 2. The molecular formula is C12H16FNS. The Morgan fingerprint density at radius 3 is 2.60 bits per heavy atom. The minimum absolute atomic E-state index is 0.167. The van der Waals surface area contributed by atoms with Gasteiger partial charge in [0.2, 0.25) is 0 Å². The molecule has 3 heteroatoms. The van der Waals surface area contributed by atoms with E-state index in [1.165, 1.54) is 25.0 Å². The molecule has 0 saturated heterocycles. The first-order chi connectivity index (χ1) is 7.24. The maximum absolute atomic E-state index is 12.7. The summed E-state index contributed by atoms with van der Waals surface area (Å²) in [6.07, 6.45) is 4.69. The number of halogens is 1. The number of rotatable bonds is 2. The first kappa shape index (κ1) is 11.0. The van der Waals surface area contributed by atoms with E-state index in [0.29, 0.717) is 11.3 Å². The van der Waals surface area contributed by atoms with Crippen molar-refractivity contribution in [2.24, 2.45) is 5.73 Å². The van der Waals surface area contributed by atoms with Crippen LogP contribution in [-0.2, 0) is 0 Å². The van der Waals surface area contributed by atoms with Crippen LogP contribution in [-0.4, -0.2) is 11.3 Å². The molecule has 2 rings (SSSR count). The first-order valence-electron chi connectivity index (χ1n) is 5.42. The van der Waals surface area contributed by atoms with Crippen LogP contribution in [0.4, 0.5) is 4.39 Å². The van der Waals surface area contributed by atoms with Crippen molar-refractivity contribution in [3.8, 4) is 0 Å². The van der Waals surface area contributed by atoms with Crippen molar-refractivity contribution in [1.82, 2.24) is 0 Å². The molecule has 1 aromatic carbocycles. The smallest absolute Gasteiger partial charge is 0.123 e. The summed E-state index contributed by atoms with van der Waals surface area (Å²) in [6, 6.07) is 7.09. The zero-order chi connectivity index (χ0) is 10.7. The van der Waals surface area contributed by atoms with Crippen LogP contribution >= 0.6 is 11.8 Å². The first-order valence-corrected chi connectivity index (χ1v) is 6.30. The average molecular weight is 225 g/mol. The van der Waals surface area contributed by atoms with Gasteiger partial charge in [-0.25, -0.2) is 4.39 Å². The van der Waals surface area contributed by atoms with E-state index in [9.17, 15) is 4.39 Å². The van der Waals surface area contributed by atoms with Crippen molar-refractivity contribution in [2.45, 2.75) is 41.9 Å². The summed E-state index contributed by atoms with van der Waals surface area (Å²) in [5.41, 5.74) is 5.93. The van der Waals surface area contributed by atoms with Crippen molar-refractivity contribution in [3.63, 3.8) is 0 Å². The molecule has 82 valence electrons. The molecule has 1 aliphatic rings. The van der Waals surface area contributed by atoms with Crippen molar-refractivity contribution in [2.75, 3.05) is 0 Å². The van der Waals surface area contributed by atoms with E-state index < -0.39 is 0 Å². The largest absolute Gasteiger partial charge is 0.328 e. The lowest BCUT2D eigenvalue weighted by atomic mass is 9.96. The Bertz CT molecular complexity index is 312. The summed E-state index contributed by atoms with van der Waals surface area (Å²) in [5.74, 6) is -0.167. The van der Waals surface area contributed by atoms with Crippen molar-refractivity contribution in [1.29, 1.82) is 0 Å². The summed E-state index contributed by atoms with van der Waals surface area (Å²) in [7, 11) is 0. The Balaban J connectivity index is 1.93. The molecule has 2 unspecified atom stereocenters. The minimum Gasteiger partial charge on any atom is -0.328 e. The van der Waals surface area contributed by atoms with E-state index in [2.05, 4.69) is 0 Å². The van der Waals surface area contributed by atoms with Gasteiger partial charge in [-0.05, 0) is 43.5 Å². The van der Waals surface area contributed by atoms with Gasteiger partial charge < -0.3 is 5.73 Å². The normalized spacial score (nSPS) is 26.5. The second kappa shape index (κ2) is 4.99. The second-order valence-corrected chi connectivity index (χ2v) is 5.49. The van der Waals surface area contributed by atoms with Gasteiger partial charge in [0, 0.05) is 16.2 Å².